The fraction of sp³-hybridized carbons (Fsp3) is 0.333. The molecule has 1 fully saturated rings. The summed E-state index contributed by atoms with van der Waals surface area (Å²) in [5, 5.41) is 2.99. The number of hydrogen-bond acceptors (Lipinski definition) is 3. The van der Waals surface area contributed by atoms with Crippen LogP contribution in [0.3, 0.4) is 0 Å². The number of alkyl halides is 3. The summed E-state index contributed by atoms with van der Waals surface area (Å²) in [6.07, 6.45) is 1.58. The molecule has 2 amide bonds. The van der Waals surface area contributed by atoms with E-state index in [1.54, 1.807) is 4.90 Å². The normalized spacial score (nSPS) is 14.7. The molecule has 8 heteroatoms. The number of piperazine rings is 1. The summed E-state index contributed by atoms with van der Waals surface area (Å²) in [6, 6.07) is 32.6. The first-order valence-corrected chi connectivity index (χ1v) is 17.5. The van der Waals surface area contributed by atoms with Crippen molar-refractivity contribution >= 4 is 17.9 Å². The maximum Gasteiger partial charge on any atom is 0.416 e. The van der Waals surface area contributed by atoms with Gasteiger partial charge in [-0.2, -0.15) is 13.2 Å². The number of aryl methyl sites for hydroxylation is 1. The van der Waals surface area contributed by atoms with Gasteiger partial charge in [-0.15, -0.1) is 0 Å². The van der Waals surface area contributed by atoms with E-state index >= 15 is 0 Å². The summed E-state index contributed by atoms with van der Waals surface area (Å²) < 4.78 is 41.1. The maximum absolute atomic E-state index is 14.5. The predicted molar refractivity (Wildman–Crippen MR) is 193 cm³/mol. The molecule has 0 saturated carbocycles. The van der Waals surface area contributed by atoms with Crippen molar-refractivity contribution in [3.8, 4) is 0 Å². The number of carbonyl (C=O) groups is 2. The SMILES string of the molecule is CCCCCc1ccc(CNC(=O)C(=Cc2cccc(C(F)(F)F)c2)[C@H](Cc2ccccc2)C(=O)N2CCN(Cc3ccccc3)CC2)cc1. The van der Waals surface area contributed by atoms with Crippen molar-refractivity contribution in [1.29, 1.82) is 0 Å². The Hall–Kier alpha value is -4.69. The van der Waals surface area contributed by atoms with E-state index in [4.69, 9.17) is 0 Å². The van der Waals surface area contributed by atoms with E-state index in [0.29, 0.717) is 26.2 Å². The van der Waals surface area contributed by atoms with Gasteiger partial charge in [0.05, 0.1) is 11.5 Å². The van der Waals surface area contributed by atoms with Crippen LogP contribution in [-0.2, 0) is 41.7 Å². The number of nitrogens with zero attached hydrogens (tertiary/aromatic N) is 2. The fourth-order valence-corrected chi connectivity index (χ4v) is 6.36. The standard InChI is InChI=1S/C42H46F3N3O2/c1-2-3-6-12-32-19-21-34(22-20-32)30-46-40(49)38(29-36-17-11-18-37(27-36)42(43,44)45)39(28-33-13-7-4-8-14-33)41(50)48-25-23-47(24-26-48)31-35-15-9-5-10-16-35/h4-5,7-11,13-22,27,29,39H,2-3,6,12,23-26,28,30-31H2,1H3,(H,46,49)/t39-/m0/s1. The zero-order valence-corrected chi connectivity index (χ0v) is 28.7. The molecule has 4 aromatic rings. The van der Waals surface area contributed by atoms with Gasteiger partial charge in [0, 0.05) is 44.8 Å². The quantitative estimate of drug-likeness (QED) is 0.108. The van der Waals surface area contributed by atoms with E-state index < -0.39 is 23.6 Å². The van der Waals surface area contributed by atoms with Crippen molar-refractivity contribution < 1.29 is 22.8 Å². The topological polar surface area (TPSA) is 52.7 Å². The van der Waals surface area contributed by atoms with E-state index in [1.807, 2.05) is 60.7 Å². The number of benzene rings is 4. The highest BCUT2D eigenvalue weighted by Crippen LogP contribution is 2.31. The van der Waals surface area contributed by atoms with Gasteiger partial charge in [-0.05, 0) is 65.3 Å². The van der Waals surface area contributed by atoms with Crippen LogP contribution in [0.25, 0.3) is 6.08 Å². The zero-order chi connectivity index (χ0) is 35.3. The van der Waals surface area contributed by atoms with Crippen LogP contribution in [0.1, 0.15) is 59.6 Å². The average Bonchev–Trinajstić information content (AvgIpc) is 3.13. The highest BCUT2D eigenvalue weighted by atomic mass is 19.4. The number of rotatable bonds is 14. The van der Waals surface area contributed by atoms with Crippen LogP contribution < -0.4 is 5.32 Å². The van der Waals surface area contributed by atoms with Gasteiger partial charge in [0.15, 0.2) is 0 Å². The summed E-state index contributed by atoms with van der Waals surface area (Å²) >= 11 is 0. The van der Waals surface area contributed by atoms with Crippen LogP contribution in [0.2, 0.25) is 0 Å². The molecule has 0 aromatic heterocycles. The molecule has 1 saturated heterocycles. The molecule has 0 bridgehead atoms. The minimum absolute atomic E-state index is 0.140. The molecule has 0 radical (unpaired) electrons. The lowest BCUT2D eigenvalue weighted by Crippen LogP contribution is -2.51. The molecule has 0 aliphatic carbocycles. The molecule has 1 aliphatic heterocycles. The zero-order valence-electron chi connectivity index (χ0n) is 28.7. The van der Waals surface area contributed by atoms with Crippen molar-refractivity contribution in [2.45, 2.75) is 58.3 Å². The van der Waals surface area contributed by atoms with Gasteiger partial charge >= 0.3 is 6.18 Å². The minimum atomic E-state index is -4.55. The maximum atomic E-state index is 14.5. The Balaban J connectivity index is 1.41. The first-order chi connectivity index (χ1) is 24.2. The molecule has 4 aromatic carbocycles. The second-order valence-corrected chi connectivity index (χ2v) is 13.0. The van der Waals surface area contributed by atoms with Gasteiger partial charge in [0.25, 0.3) is 0 Å². The van der Waals surface area contributed by atoms with E-state index in [2.05, 4.69) is 41.4 Å². The summed E-state index contributed by atoms with van der Waals surface area (Å²) in [7, 11) is 0. The number of nitrogens with one attached hydrogen (secondary N) is 1. The lowest BCUT2D eigenvalue weighted by Gasteiger charge is -2.37. The van der Waals surface area contributed by atoms with Gasteiger partial charge in [0.1, 0.15) is 0 Å². The molecule has 1 N–H and O–H groups in total. The molecule has 1 aliphatic rings. The molecule has 50 heavy (non-hydrogen) atoms. The largest absolute Gasteiger partial charge is 0.416 e. The molecular weight excluding hydrogens is 635 g/mol. The number of hydrogen-bond donors (Lipinski definition) is 1. The van der Waals surface area contributed by atoms with E-state index in [-0.39, 0.29) is 30.0 Å². The Morgan fingerprint density at radius 1 is 0.760 bits per heavy atom. The smallest absolute Gasteiger partial charge is 0.348 e. The van der Waals surface area contributed by atoms with Crippen molar-refractivity contribution in [1.82, 2.24) is 15.1 Å². The monoisotopic (exact) mass is 681 g/mol. The average molecular weight is 682 g/mol. The summed E-state index contributed by atoms with van der Waals surface area (Å²) in [6.45, 7) is 5.49. The van der Waals surface area contributed by atoms with E-state index in [0.717, 1.165) is 49.1 Å². The fourth-order valence-electron chi connectivity index (χ4n) is 6.36. The van der Waals surface area contributed by atoms with Crippen LogP contribution >= 0.6 is 0 Å². The van der Waals surface area contributed by atoms with Crippen molar-refractivity contribution in [2.75, 3.05) is 26.2 Å². The highest BCUT2D eigenvalue weighted by Gasteiger charge is 2.34. The Kier molecular flexibility index (Phi) is 13.0. The molecule has 262 valence electrons. The van der Waals surface area contributed by atoms with E-state index in [9.17, 15) is 22.8 Å². The first-order valence-electron chi connectivity index (χ1n) is 17.5. The Labute approximate surface area is 293 Å². The summed E-state index contributed by atoms with van der Waals surface area (Å²) in [5.41, 5.74) is 3.72. The summed E-state index contributed by atoms with van der Waals surface area (Å²) in [4.78, 5) is 32.7. The number of amides is 2. The highest BCUT2D eigenvalue weighted by molar-refractivity contribution is 6.04. The van der Waals surface area contributed by atoms with Gasteiger partial charge < -0.3 is 10.2 Å². The third kappa shape index (κ3) is 10.7. The molecule has 0 spiro atoms. The number of unbranched alkanes of at least 4 members (excludes halogenated alkanes) is 2. The van der Waals surface area contributed by atoms with Crippen LogP contribution in [0, 0.1) is 5.92 Å². The van der Waals surface area contributed by atoms with Gasteiger partial charge in [-0.1, -0.05) is 117 Å². The third-order valence-corrected chi connectivity index (χ3v) is 9.23. The molecular formula is C42H46F3N3O2. The van der Waals surface area contributed by atoms with Crippen LogP contribution in [-0.4, -0.2) is 47.8 Å². The molecule has 5 nitrogen and oxygen atoms in total. The molecule has 1 atom stereocenters. The van der Waals surface area contributed by atoms with Crippen molar-refractivity contribution in [2.24, 2.45) is 5.92 Å². The Morgan fingerprint density at radius 3 is 2.04 bits per heavy atom. The van der Waals surface area contributed by atoms with Crippen molar-refractivity contribution in [3.63, 3.8) is 0 Å². The van der Waals surface area contributed by atoms with Crippen LogP contribution in [0.4, 0.5) is 13.2 Å². The second-order valence-electron chi connectivity index (χ2n) is 13.0. The Bertz CT molecular complexity index is 1700. The molecule has 5 rings (SSSR count). The van der Waals surface area contributed by atoms with Crippen LogP contribution in [0.5, 0.6) is 0 Å². The lowest BCUT2D eigenvalue weighted by molar-refractivity contribution is -0.138. The predicted octanol–water partition coefficient (Wildman–Crippen LogP) is 8.34. The first kappa shape index (κ1) is 36.6. The van der Waals surface area contributed by atoms with E-state index in [1.165, 1.54) is 35.8 Å². The third-order valence-electron chi connectivity index (χ3n) is 9.23. The van der Waals surface area contributed by atoms with Crippen molar-refractivity contribution in [3.05, 3.63) is 148 Å². The van der Waals surface area contributed by atoms with Gasteiger partial charge in [-0.3, -0.25) is 14.5 Å². The molecule has 0 unspecified atom stereocenters. The number of halogens is 3. The van der Waals surface area contributed by atoms with Gasteiger partial charge in [0.2, 0.25) is 11.8 Å². The van der Waals surface area contributed by atoms with Crippen LogP contribution in [0.15, 0.2) is 115 Å². The molecule has 1 heterocycles. The lowest BCUT2D eigenvalue weighted by atomic mass is 9.88. The Morgan fingerprint density at radius 2 is 1.40 bits per heavy atom. The minimum Gasteiger partial charge on any atom is -0.348 e. The second kappa shape index (κ2) is 17.8. The number of carbonyl (C=O) groups excluding carboxylic acids is 2. The van der Waals surface area contributed by atoms with Gasteiger partial charge in [-0.25, -0.2) is 0 Å². The summed E-state index contributed by atoms with van der Waals surface area (Å²) in [5.74, 6) is -1.60.